The predicted molar refractivity (Wildman–Crippen MR) is 114 cm³/mol. The summed E-state index contributed by atoms with van der Waals surface area (Å²) in [6.07, 6.45) is -5.01. The second-order valence-corrected chi connectivity index (χ2v) is 9.49. The van der Waals surface area contributed by atoms with Crippen molar-refractivity contribution < 1.29 is 30.8 Å². The van der Waals surface area contributed by atoms with E-state index >= 15 is 0 Å². The third-order valence-corrected chi connectivity index (χ3v) is 6.98. The first-order valence-corrected chi connectivity index (χ1v) is 11.3. The van der Waals surface area contributed by atoms with Gasteiger partial charge in [0.15, 0.2) is 9.84 Å². The Morgan fingerprint density at radius 2 is 1.58 bits per heavy atom. The lowest BCUT2D eigenvalue weighted by Gasteiger charge is -2.27. The summed E-state index contributed by atoms with van der Waals surface area (Å²) >= 11 is 5.80. The second-order valence-electron chi connectivity index (χ2n) is 7.02. The van der Waals surface area contributed by atoms with Gasteiger partial charge < -0.3 is 5.73 Å². The van der Waals surface area contributed by atoms with E-state index in [1.165, 1.54) is 24.3 Å². The van der Waals surface area contributed by atoms with Crippen LogP contribution < -0.4 is 11.1 Å². The first-order valence-electron chi connectivity index (χ1n) is 9.37. The molecule has 0 aliphatic rings. The van der Waals surface area contributed by atoms with Crippen LogP contribution in [0.1, 0.15) is 28.1 Å². The third kappa shape index (κ3) is 5.52. The molecule has 0 aliphatic carbocycles. The lowest BCUT2D eigenvalue weighted by molar-refractivity contribution is -0.138. The van der Waals surface area contributed by atoms with Gasteiger partial charge in [-0.05, 0) is 53.6 Å². The molecule has 3 aromatic rings. The summed E-state index contributed by atoms with van der Waals surface area (Å²) in [4.78, 5) is 11.8. The maximum Gasteiger partial charge on any atom is 0.416 e. The zero-order valence-electron chi connectivity index (χ0n) is 16.7. The Balaban J connectivity index is 2.25. The first-order chi connectivity index (χ1) is 15.4. The van der Waals surface area contributed by atoms with Crippen molar-refractivity contribution in [1.29, 1.82) is 0 Å². The molecule has 0 radical (unpaired) electrons. The molecule has 0 spiro atoms. The largest absolute Gasteiger partial charge is 0.416 e. The summed E-state index contributed by atoms with van der Waals surface area (Å²) in [5.74, 6) is -2.13. The molecule has 0 saturated carbocycles. The molecule has 2 atom stereocenters. The molecule has 3 N–H and O–H groups in total. The molecule has 0 heterocycles. The number of benzene rings is 3. The van der Waals surface area contributed by atoms with Crippen LogP contribution in [-0.2, 0) is 20.8 Å². The van der Waals surface area contributed by atoms with E-state index in [1.807, 2.05) is 0 Å². The highest BCUT2D eigenvalue weighted by atomic mass is 35.5. The van der Waals surface area contributed by atoms with Gasteiger partial charge >= 0.3 is 6.18 Å². The monoisotopic (exact) mass is 500 g/mol. The number of sulfone groups is 1. The highest BCUT2D eigenvalue weighted by Gasteiger charge is 2.41. The number of nitrogens with two attached hydrogens (primary N) is 1. The van der Waals surface area contributed by atoms with Gasteiger partial charge in [0.05, 0.1) is 10.5 Å². The number of carbonyl (C=O) groups excluding carboxylic acids is 1. The van der Waals surface area contributed by atoms with Gasteiger partial charge in [0.2, 0.25) is 5.91 Å². The topological polar surface area (TPSA) is 89.3 Å². The SMILES string of the molecule is NC(=O)C(N[C@@H](c1cc(F)ccc1C(F)(F)F)S(=O)(=O)c1ccc(Cl)cc1)c1ccccc1. The molecule has 0 aromatic heterocycles. The van der Waals surface area contributed by atoms with E-state index in [0.717, 1.165) is 12.1 Å². The average molecular weight is 501 g/mol. The summed E-state index contributed by atoms with van der Waals surface area (Å²) in [5, 5.41) is 0.434. The van der Waals surface area contributed by atoms with Crippen molar-refractivity contribution in [1.82, 2.24) is 5.32 Å². The van der Waals surface area contributed by atoms with E-state index in [1.54, 1.807) is 18.2 Å². The first kappa shape index (κ1) is 24.7. The molecular weight excluding hydrogens is 484 g/mol. The van der Waals surface area contributed by atoms with Crippen molar-refractivity contribution >= 4 is 27.3 Å². The fourth-order valence-corrected chi connectivity index (χ4v) is 5.01. The van der Waals surface area contributed by atoms with Gasteiger partial charge in [-0.1, -0.05) is 41.9 Å². The smallest absolute Gasteiger partial charge is 0.368 e. The summed E-state index contributed by atoms with van der Waals surface area (Å²) in [5.41, 5.74) is 3.36. The van der Waals surface area contributed by atoms with Crippen LogP contribution in [0.3, 0.4) is 0 Å². The van der Waals surface area contributed by atoms with E-state index in [2.05, 4.69) is 5.32 Å². The Morgan fingerprint density at radius 1 is 0.970 bits per heavy atom. The van der Waals surface area contributed by atoms with E-state index in [0.29, 0.717) is 18.2 Å². The normalized spacial score (nSPS) is 14.0. The molecule has 0 fully saturated rings. The Bertz CT molecular complexity index is 1250. The van der Waals surface area contributed by atoms with Crippen LogP contribution in [0.15, 0.2) is 77.7 Å². The standard InChI is InChI=1S/C22H17ClF4N2O3S/c23-14-6-9-16(10-7-14)33(31,32)21(17-12-15(24)8-11-18(17)22(25,26)27)29-19(20(28)30)13-4-2-1-3-5-13/h1-12,19,21,29H,(H2,28,30)/t19?,21-/m1/s1. The van der Waals surface area contributed by atoms with Crippen LogP contribution in [0.25, 0.3) is 0 Å². The van der Waals surface area contributed by atoms with E-state index in [4.69, 9.17) is 17.3 Å². The molecule has 3 aromatic carbocycles. The Morgan fingerprint density at radius 3 is 2.12 bits per heavy atom. The molecule has 0 bridgehead atoms. The fraction of sp³-hybridized carbons (Fsp3) is 0.136. The molecule has 11 heteroatoms. The fourth-order valence-electron chi connectivity index (χ4n) is 3.26. The van der Waals surface area contributed by atoms with Crippen molar-refractivity contribution in [2.45, 2.75) is 22.5 Å². The molecular formula is C22H17ClF4N2O3S. The minimum atomic E-state index is -5.01. The zero-order chi connectivity index (χ0) is 24.4. The highest BCUT2D eigenvalue weighted by molar-refractivity contribution is 7.91. The summed E-state index contributed by atoms with van der Waals surface area (Å²) in [7, 11) is -4.65. The van der Waals surface area contributed by atoms with Crippen LogP contribution in [0, 0.1) is 5.82 Å². The number of hydrogen-bond acceptors (Lipinski definition) is 4. The molecule has 33 heavy (non-hydrogen) atoms. The molecule has 0 saturated heterocycles. The highest BCUT2D eigenvalue weighted by Crippen LogP contribution is 2.39. The van der Waals surface area contributed by atoms with Crippen molar-refractivity contribution in [3.05, 3.63) is 100 Å². The van der Waals surface area contributed by atoms with E-state index in [-0.39, 0.29) is 10.6 Å². The van der Waals surface area contributed by atoms with Crippen molar-refractivity contribution in [3.8, 4) is 0 Å². The van der Waals surface area contributed by atoms with Gasteiger partial charge in [-0.15, -0.1) is 0 Å². The number of amides is 1. The summed E-state index contributed by atoms with van der Waals surface area (Å²) < 4.78 is 82.3. The summed E-state index contributed by atoms with van der Waals surface area (Å²) in [6.45, 7) is 0. The number of halogens is 5. The van der Waals surface area contributed by atoms with Gasteiger partial charge in [-0.3, -0.25) is 10.1 Å². The molecule has 1 unspecified atom stereocenters. The number of alkyl halides is 3. The number of hydrogen-bond donors (Lipinski definition) is 2. The second kappa shape index (κ2) is 9.50. The maximum absolute atomic E-state index is 14.1. The molecule has 5 nitrogen and oxygen atoms in total. The van der Waals surface area contributed by atoms with Gasteiger partial charge in [-0.25, -0.2) is 12.8 Å². The van der Waals surface area contributed by atoms with Gasteiger partial charge in [-0.2, -0.15) is 13.2 Å². The molecule has 1 amide bonds. The van der Waals surface area contributed by atoms with Gasteiger partial charge in [0.1, 0.15) is 17.2 Å². The Kier molecular flexibility index (Phi) is 7.11. The number of carbonyl (C=O) groups is 1. The van der Waals surface area contributed by atoms with Crippen LogP contribution in [0.4, 0.5) is 17.6 Å². The molecule has 0 aliphatic heterocycles. The number of nitrogens with one attached hydrogen (secondary N) is 1. The number of primary amides is 1. The molecule has 3 rings (SSSR count). The summed E-state index contributed by atoms with van der Waals surface area (Å²) in [6, 6.07) is 12.3. The average Bonchev–Trinajstić information content (AvgIpc) is 2.74. The maximum atomic E-state index is 14.1. The van der Waals surface area contributed by atoms with Gasteiger partial charge in [0, 0.05) is 5.02 Å². The molecule has 174 valence electrons. The zero-order valence-corrected chi connectivity index (χ0v) is 18.3. The number of rotatable bonds is 7. The lowest BCUT2D eigenvalue weighted by Crippen LogP contribution is -2.40. The predicted octanol–water partition coefficient (Wildman–Crippen LogP) is 4.79. The Hall–Kier alpha value is -2.95. The van der Waals surface area contributed by atoms with Crippen molar-refractivity contribution in [2.75, 3.05) is 0 Å². The van der Waals surface area contributed by atoms with E-state index in [9.17, 15) is 30.8 Å². The minimum Gasteiger partial charge on any atom is -0.368 e. The minimum absolute atomic E-state index is 0.194. The van der Waals surface area contributed by atoms with Crippen molar-refractivity contribution in [3.63, 3.8) is 0 Å². The lowest BCUT2D eigenvalue weighted by atomic mass is 10.0. The van der Waals surface area contributed by atoms with Gasteiger partial charge in [0.25, 0.3) is 0 Å². The van der Waals surface area contributed by atoms with E-state index < -0.39 is 55.2 Å². The van der Waals surface area contributed by atoms with Crippen LogP contribution in [-0.4, -0.2) is 14.3 Å². The van der Waals surface area contributed by atoms with Crippen LogP contribution >= 0.6 is 11.6 Å². The quantitative estimate of drug-likeness (QED) is 0.457. The van der Waals surface area contributed by atoms with Crippen LogP contribution in [0.5, 0.6) is 0 Å². The van der Waals surface area contributed by atoms with Crippen LogP contribution in [0.2, 0.25) is 5.02 Å². The van der Waals surface area contributed by atoms with Crippen molar-refractivity contribution in [2.24, 2.45) is 5.73 Å². The Labute approximate surface area is 192 Å². The third-order valence-electron chi connectivity index (χ3n) is 4.79.